The van der Waals surface area contributed by atoms with Crippen molar-refractivity contribution in [2.24, 2.45) is 5.73 Å². The molecule has 0 aliphatic carbocycles. The van der Waals surface area contributed by atoms with Crippen LogP contribution in [0, 0.1) is 0 Å². The zero-order valence-electron chi connectivity index (χ0n) is 15.0. The van der Waals surface area contributed by atoms with Crippen LogP contribution in [0.25, 0.3) is 0 Å². The first-order valence-electron chi connectivity index (χ1n) is 7.95. The van der Waals surface area contributed by atoms with Crippen molar-refractivity contribution in [1.82, 2.24) is 9.97 Å². The van der Waals surface area contributed by atoms with Crippen LogP contribution in [0.5, 0.6) is 5.75 Å². The third-order valence-electron chi connectivity index (χ3n) is 4.45. The van der Waals surface area contributed by atoms with Crippen LogP contribution in [-0.2, 0) is 4.79 Å². The van der Waals surface area contributed by atoms with Gasteiger partial charge in [0.1, 0.15) is 17.5 Å². The van der Waals surface area contributed by atoms with E-state index in [1.54, 1.807) is 41.2 Å². The van der Waals surface area contributed by atoms with Crippen LogP contribution in [0.3, 0.4) is 0 Å². The molecule has 1 aromatic heterocycles. The Labute approximate surface area is 150 Å². The van der Waals surface area contributed by atoms with Gasteiger partial charge in [-0.3, -0.25) is 9.59 Å². The Morgan fingerprint density at radius 3 is 2.73 bits per heavy atom. The Morgan fingerprint density at radius 1 is 1.35 bits per heavy atom. The Morgan fingerprint density at radius 2 is 2.08 bits per heavy atom. The molecule has 0 unspecified atom stereocenters. The molecule has 2 amide bonds. The second kappa shape index (κ2) is 6.51. The van der Waals surface area contributed by atoms with Crippen molar-refractivity contribution in [2.45, 2.75) is 13.0 Å². The number of primary amides is 1. The van der Waals surface area contributed by atoms with E-state index in [9.17, 15) is 9.59 Å². The van der Waals surface area contributed by atoms with Crippen molar-refractivity contribution in [1.29, 1.82) is 0 Å². The first-order chi connectivity index (χ1) is 12.3. The fraction of sp³-hybridized carbons (Fsp3) is 0.294. The summed E-state index contributed by atoms with van der Waals surface area (Å²) in [5, 5.41) is 3.07. The SMILES string of the molecule is COc1cc(C(N)=O)ccc1Nc1ncc2c(n1)N(C)[C@H](C)C(=O)N2C. The summed E-state index contributed by atoms with van der Waals surface area (Å²) in [6.07, 6.45) is 1.59. The topological polar surface area (TPSA) is 114 Å². The molecule has 2 aromatic rings. The molecule has 136 valence electrons. The summed E-state index contributed by atoms with van der Waals surface area (Å²) in [7, 11) is 5.01. The number of rotatable bonds is 4. The molecule has 9 nitrogen and oxygen atoms in total. The molecular formula is C17H20N6O3. The van der Waals surface area contributed by atoms with Crippen LogP contribution < -0.4 is 25.6 Å². The predicted molar refractivity (Wildman–Crippen MR) is 98.1 cm³/mol. The average molecular weight is 356 g/mol. The fourth-order valence-corrected chi connectivity index (χ4v) is 2.74. The molecule has 1 aliphatic rings. The van der Waals surface area contributed by atoms with E-state index in [-0.39, 0.29) is 11.9 Å². The van der Waals surface area contributed by atoms with E-state index >= 15 is 0 Å². The maximum atomic E-state index is 12.2. The van der Waals surface area contributed by atoms with Gasteiger partial charge >= 0.3 is 0 Å². The minimum absolute atomic E-state index is 0.0204. The molecule has 0 radical (unpaired) electrons. The van der Waals surface area contributed by atoms with Crippen molar-refractivity contribution in [3.8, 4) is 5.75 Å². The molecule has 26 heavy (non-hydrogen) atoms. The Bertz CT molecular complexity index is 885. The highest BCUT2D eigenvalue weighted by atomic mass is 16.5. The molecule has 0 fully saturated rings. The number of benzene rings is 1. The number of carbonyl (C=O) groups excluding carboxylic acids is 2. The van der Waals surface area contributed by atoms with Gasteiger partial charge in [-0.25, -0.2) is 4.98 Å². The molecule has 9 heteroatoms. The Kier molecular flexibility index (Phi) is 4.37. The van der Waals surface area contributed by atoms with E-state index in [0.717, 1.165) is 0 Å². The number of aromatic nitrogens is 2. The monoisotopic (exact) mass is 356 g/mol. The van der Waals surface area contributed by atoms with E-state index in [0.29, 0.717) is 34.5 Å². The number of ether oxygens (including phenoxy) is 1. The van der Waals surface area contributed by atoms with Gasteiger partial charge in [-0.2, -0.15) is 4.98 Å². The molecule has 3 N–H and O–H groups in total. The average Bonchev–Trinajstić information content (AvgIpc) is 2.64. The third-order valence-corrected chi connectivity index (χ3v) is 4.45. The molecule has 0 spiro atoms. The summed E-state index contributed by atoms with van der Waals surface area (Å²) in [6.45, 7) is 1.82. The van der Waals surface area contributed by atoms with Gasteiger partial charge in [0.25, 0.3) is 0 Å². The summed E-state index contributed by atoms with van der Waals surface area (Å²) >= 11 is 0. The van der Waals surface area contributed by atoms with Crippen LogP contribution in [0.1, 0.15) is 17.3 Å². The first-order valence-corrected chi connectivity index (χ1v) is 7.95. The zero-order valence-corrected chi connectivity index (χ0v) is 15.0. The van der Waals surface area contributed by atoms with Crippen LogP contribution in [0.15, 0.2) is 24.4 Å². The van der Waals surface area contributed by atoms with E-state index in [4.69, 9.17) is 10.5 Å². The Balaban J connectivity index is 1.95. The highest BCUT2D eigenvalue weighted by Crippen LogP contribution is 2.34. The molecule has 0 bridgehead atoms. The van der Waals surface area contributed by atoms with Gasteiger partial charge in [0.15, 0.2) is 5.82 Å². The van der Waals surface area contributed by atoms with Crippen LogP contribution in [-0.4, -0.2) is 49.0 Å². The molecule has 2 heterocycles. The second-order valence-electron chi connectivity index (χ2n) is 5.99. The molecule has 1 atom stereocenters. The standard InChI is InChI=1S/C17H20N6O3/c1-9-16(25)23(3)12-8-19-17(21-15(12)22(9)2)20-11-6-5-10(14(18)24)7-13(11)26-4/h5-9H,1-4H3,(H2,18,24)(H,19,20,21)/t9-/m1/s1. The number of likely N-dealkylation sites (N-methyl/N-ethyl adjacent to an activating group) is 2. The van der Waals surface area contributed by atoms with Crippen LogP contribution in [0.2, 0.25) is 0 Å². The van der Waals surface area contributed by atoms with Gasteiger partial charge in [0.2, 0.25) is 17.8 Å². The molecule has 0 saturated carbocycles. The highest BCUT2D eigenvalue weighted by molar-refractivity contribution is 6.04. The number of methoxy groups -OCH3 is 1. The van der Waals surface area contributed by atoms with Crippen molar-refractivity contribution in [2.75, 3.05) is 36.3 Å². The lowest BCUT2D eigenvalue weighted by molar-refractivity contribution is -0.119. The number of carbonyl (C=O) groups is 2. The molecule has 3 rings (SSSR count). The summed E-state index contributed by atoms with van der Waals surface area (Å²) < 4.78 is 5.30. The number of hydrogen-bond donors (Lipinski definition) is 2. The van der Waals surface area contributed by atoms with E-state index in [1.807, 2.05) is 14.0 Å². The van der Waals surface area contributed by atoms with Crippen molar-refractivity contribution < 1.29 is 14.3 Å². The van der Waals surface area contributed by atoms with Gasteiger partial charge in [0.05, 0.1) is 19.0 Å². The quantitative estimate of drug-likeness (QED) is 0.844. The lowest BCUT2D eigenvalue weighted by Crippen LogP contribution is -2.49. The molecular weight excluding hydrogens is 336 g/mol. The maximum absolute atomic E-state index is 12.2. The summed E-state index contributed by atoms with van der Waals surface area (Å²) in [4.78, 5) is 35.7. The predicted octanol–water partition coefficient (Wildman–Crippen LogP) is 1.13. The van der Waals surface area contributed by atoms with Gasteiger partial charge < -0.3 is 25.6 Å². The fourth-order valence-electron chi connectivity index (χ4n) is 2.74. The molecule has 1 aromatic carbocycles. The van der Waals surface area contributed by atoms with Gasteiger partial charge in [-0.05, 0) is 25.1 Å². The number of nitrogens with two attached hydrogens (primary N) is 1. The number of nitrogens with one attached hydrogen (secondary N) is 1. The normalized spacial score (nSPS) is 16.3. The minimum Gasteiger partial charge on any atom is -0.495 e. The largest absolute Gasteiger partial charge is 0.495 e. The molecule has 0 saturated heterocycles. The van der Waals surface area contributed by atoms with E-state index in [1.165, 1.54) is 7.11 Å². The Hall–Kier alpha value is -3.36. The van der Waals surface area contributed by atoms with Gasteiger partial charge in [0, 0.05) is 19.7 Å². The van der Waals surface area contributed by atoms with Crippen LogP contribution >= 0.6 is 0 Å². The zero-order chi connectivity index (χ0) is 19.0. The minimum atomic E-state index is -0.539. The van der Waals surface area contributed by atoms with Gasteiger partial charge in [-0.1, -0.05) is 0 Å². The smallest absolute Gasteiger partial charge is 0.249 e. The lowest BCUT2D eigenvalue weighted by atomic mass is 10.1. The highest BCUT2D eigenvalue weighted by Gasteiger charge is 2.33. The van der Waals surface area contributed by atoms with Crippen molar-refractivity contribution in [3.63, 3.8) is 0 Å². The third kappa shape index (κ3) is 2.87. The second-order valence-corrected chi connectivity index (χ2v) is 5.99. The van der Waals surface area contributed by atoms with Crippen LogP contribution in [0.4, 0.5) is 23.1 Å². The maximum Gasteiger partial charge on any atom is 0.249 e. The molecule has 1 aliphatic heterocycles. The number of hydrogen-bond acceptors (Lipinski definition) is 7. The summed E-state index contributed by atoms with van der Waals surface area (Å²) in [6, 6.07) is 4.49. The van der Waals surface area contributed by atoms with Gasteiger partial charge in [-0.15, -0.1) is 0 Å². The number of amides is 2. The summed E-state index contributed by atoms with van der Waals surface area (Å²) in [5.74, 6) is 0.869. The van der Waals surface area contributed by atoms with E-state index < -0.39 is 5.91 Å². The number of fused-ring (bicyclic) bond motifs is 1. The number of nitrogens with zero attached hydrogens (tertiary/aromatic N) is 4. The number of anilines is 4. The lowest BCUT2D eigenvalue weighted by Gasteiger charge is -2.36. The first kappa shape index (κ1) is 17.5. The van der Waals surface area contributed by atoms with Crippen molar-refractivity contribution in [3.05, 3.63) is 30.0 Å². The van der Waals surface area contributed by atoms with Crippen molar-refractivity contribution >= 4 is 35.0 Å². The van der Waals surface area contributed by atoms with E-state index in [2.05, 4.69) is 15.3 Å². The summed E-state index contributed by atoms with van der Waals surface area (Å²) in [5.41, 5.74) is 6.86.